The molecule has 3 rings (SSSR count). The van der Waals surface area contributed by atoms with Crippen LogP contribution < -0.4 is 4.72 Å². The van der Waals surface area contributed by atoms with Crippen LogP contribution in [0.3, 0.4) is 0 Å². The Kier molecular flexibility index (Phi) is 3.97. The minimum Gasteiger partial charge on any atom is -0.264 e. The number of hydrogen-bond donors (Lipinski definition) is 1. The molecule has 1 aromatic carbocycles. The highest BCUT2D eigenvalue weighted by Gasteiger charge is 2.24. The van der Waals surface area contributed by atoms with Gasteiger partial charge < -0.3 is 0 Å². The summed E-state index contributed by atoms with van der Waals surface area (Å²) in [6.45, 7) is 0.225. The Hall–Kier alpha value is -1.43. The molecule has 21 heavy (non-hydrogen) atoms. The maximum Gasteiger partial charge on any atom is 0.240 e. The zero-order chi connectivity index (χ0) is 14.9. The largest absolute Gasteiger partial charge is 0.264 e. The van der Waals surface area contributed by atoms with E-state index in [2.05, 4.69) is 9.71 Å². The molecule has 110 valence electrons. The third-order valence-electron chi connectivity index (χ3n) is 3.44. The van der Waals surface area contributed by atoms with Crippen LogP contribution in [0.5, 0.6) is 0 Å². The Balaban J connectivity index is 1.73. The first kappa shape index (κ1) is 14.5. The second-order valence-electron chi connectivity index (χ2n) is 5.18. The highest BCUT2D eigenvalue weighted by atomic mass is 35.5. The Morgan fingerprint density at radius 1 is 1.24 bits per heavy atom. The number of nitrogens with one attached hydrogen (secondary N) is 1. The van der Waals surface area contributed by atoms with Crippen molar-refractivity contribution >= 4 is 21.6 Å². The van der Waals surface area contributed by atoms with E-state index in [1.54, 1.807) is 18.3 Å². The molecule has 0 unspecified atom stereocenters. The summed E-state index contributed by atoms with van der Waals surface area (Å²) in [6.07, 6.45) is 5.93. The number of benzene rings is 1. The van der Waals surface area contributed by atoms with Gasteiger partial charge in [0.1, 0.15) is 0 Å². The molecule has 1 N–H and O–H groups in total. The molecule has 0 bridgehead atoms. The lowest BCUT2D eigenvalue weighted by Crippen LogP contribution is -2.23. The number of sulfonamides is 1. The van der Waals surface area contributed by atoms with Gasteiger partial charge in [0, 0.05) is 24.0 Å². The summed E-state index contributed by atoms with van der Waals surface area (Å²) in [5.41, 5.74) is 2.06. The highest BCUT2D eigenvalue weighted by molar-refractivity contribution is 7.89. The zero-order valence-corrected chi connectivity index (χ0v) is 12.9. The summed E-state index contributed by atoms with van der Waals surface area (Å²) >= 11 is 5.83. The third kappa shape index (κ3) is 3.61. The Labute approximate surface area is 129 Å². The summed E-state index contributed by atoms with van der Waals surface area (Å²) in [7, 11) is -3.56. The highest BCUT2D eigenvalue weighted by Crippen LogP contribution is 2.39. The van der Waals surface area contributed by atoms with E-state index in [1.165, 1.54) is 30.5 Å². The second-order valence-corrected chi connectivity index (χ2v) is 7.39. The number of pyridine rings is 1. The Morgan fingerprint density at radius 3 is 2.76 bits per heavy atom. The molecule has 0 amide bonds. The fourth-order valence-corrected chi connectivity index (χ4v) is 3.46. The number of rotatable bonds is 5. The first-order valence-corrected chi connectivity index (χ1v) is 8.60. The van der Waals surface area contributed by atoms with Crippen LogP contribution in [0.4, 0.5) is 0 Å². The van der Waals surface area contributed by atoms with E-state index in [0.29, 0.717) is 10.9 Å². The van der Waals surface area contributed by atoms with Crippen molar-refractivity contribution in [1.82, 2.24) is 9.71 Å². The Bertz CT molecular complexity index is 758. The van der Waals surface area contributed by atoms with Gasteiger partial charge in [-0.25, -0.2) is 13.1 Å². The smallest absolute Gasteiger partial charge is 0.240 e. The number of aromatic nitrogens is 1. The molecule has 1 saturated carbocycles. The Morgan fingerprint density at radius 2 is 2.05 bits per heavy atom. The van der Waals surface area contributed by atoms with Gasteiger partial charge in [0.05, 0.1) is 4.90 Å². The predicted octanol–water partition coefficient (Wildman–Crippen LogP) is 3.09. The molecule has 0 atom stereocenters. The monoisotopic (exact) mass is 322 g/mol. The van der Waals surface area contributed by atoms with Crippen LogP contribution in [0.2, 0.25) is 5.02 Å². The maximum absolute atomic E-state index is 12.2. The number of nitrogens with zero attached hydrogens (tertiary/aromatic N) is 1. The van der Waals surface area contributed by atoms with E-state index in [-0.39, 0.29) is 11.4 Å². The minimum atomic E-state index is -3.56. The second kappa shape index (κ2) is 5.75. The summed E-state index contributed by atoms with van der Waals surface area (Å²) in [5.74, 6) is 0.599. The quantitative estimate of drug-likeness (QED) is 0.920. The lowest BCUT2D eigenvalue weighted by Gasteiger charge is -2.08. The molecule has 0 radical (unpaired) electrons. The van der Waals surface area contributed by atoms with Crippen molar-refractivity contribution in [2.45, 2.75) is 30.2 Å². The molecule has 0 spiro atoms. The van der Waals surface area contributed by atoms with Gasteiger partial charge in [0.15, 0.2) is 0 Å². The standard InChI is InChI=1S/C15H15ClN2O2S/c16-14-2-1-3-15(7-14)21(19,20)18-9-11-6-13(10-17-8-11)12-4-5-12/h1-3,6-8,10,12,18H,4-5,9H2. The molecule has 2 aromatic rings. The molecule has 1 heterocycles. The maximum atomic E-state index is 12.2. The fourth-order valence-electron chi connectivity index (χ4n) is 2.14. The van der Waals surface area contributed by atoms with Crippen LogP contribution in [0.1, 0.15) is 29.9 Å². The van der Waals surface area contributed by atoms with Crippen molar-refractivity contribution in [2.24, 2.45) is 0 Å². The van der Waals surface area contributed by atoms with E-state index < -0.39 is 10.0 Å². The predicted molar refractivity (Wildman–Crippen MR) is 81.7 cm³/mol. The van der Waals surface area contributed by atoms with E-state index in [9.17, 15) is 8.42 Å². The number of halogens is 1. The molecule has 1 fully saturated rings. The van der Waals surface area contributed by atoms with Crippen molar-refractivity contribution in [3.05, 3.63) is 58.9 Å². The van der Waals surface area contributed by atoms with Crippen molar-refractivity contribution in [3.8, 4) is 0 Å². The van der Waals surface area contributed by atoms with Gasteiger partial charge in [-0.15, -0.1) is 0 Å². The molecule has 6 heteroatoms. The lowest BCUT2D eigenvalue weighted by atomic mass is 10.1. The fraction of sp³-hybridized carbons (Fsp3) is 0.267. The van der Waals surface area contributed by atoms with Crippen LogP contribution in [-0.4, -0.2) is 13.4 Å². The van der Waals surface area contributed by atoms with Gasteiger partial charge in [0.2, 0.25) is 10.0 Å². The molecule has 4 nitrogen and oxygen atoms in total. The van der Waals surface area contributed by atoms with Crippen molar-refractivity contribution < 1.29 is 8.42 Å². The van der Waals surface area contributed by atoms with Crippen molar-refractivity contribution in [1.29, 1.82) is 0 Å². The van der Waals surface area contributed by atoms with Crippen LogP contribution in [-0.2, 0) is 16.6 Å². The summed E-state index contributed by atoms with van der Waals surface area (Å²) in [4.78, 5) is 4.35. The van der Waals surface area contributed by atoms with Crippen LogP contribution in [0.25, 0.3) is 0 Å². The lowest BCUT2D eigenvalue weighted by molar-refractivity contribution is 0.581. The molecular weight excluding hydrogens is 308 g/mol. The van der Waals surface area contributed by atoms with Gasteiger partial charge >= 0.3 is 0 Å². The molecule has 1 aromatic heterocycles. The van der Waals surface area contributed by atoms with Gasteiger partial charge in [-0.2, -0.15) is 0 Å². The van der Waals surface area contributed by atoms with Gasteiger partial charge in [0.25, 0.3) is 0 Å². The summed E-state index contributed by atoms with van der Waals surface area (Å²) in [5, 5.41) is 0.398. The SMILES string of the molecule is O=S(=O)(NCc1cncc(C2CC2)c1)c1cccc(Cl)c1. The first-order chi connectivity index (χ1) is 10.0. The van der Waals surface area contributed by atoms with E-state index in [4.69, 9.17) is 11.6 Å². The van der Waals surface area contributed by atoms with Crippen LogP contribution in [0, 0.1) is 0 Å². The minimum absolute atomic E-state index is 0.168. The van der Waals surface area contributed by atoms with E-state index >= 15 is 0 Å². The van der Waals surface area contributed by atoms with E-state index in [1.807, 2.05) is 12.3 Å². The molecular formula is C15H15ClN2O2S. The van der Waals surface area contributed by atoms with Gasteiger partial charge in [-0.05, 0) is 48.1 Å². The zero-order valence-electron chi connectivity index (χ0n) is 11.3. The molecule has 1 aliphatic rings. The average molecular weight is 323 g/mol. The third-order valence-corrected chi connectivity index (χ3v) is 5.07. The molecule has 0 saturated heterocycles. The molecule has 0 aliphatic heterocycles. The first-order valence-electron chi connectivity index (χ1n) is 6.74. The average Bonchev–Trinajstić information content (AvgIpc) is 3.30. The van der Waals surface area contributed by atoms with Crippen LogP contribution >= 0.6 is 11.6 Å². The van der Waals surface area contributed by atoms with Crippen LogP contribution in [0.15, 0.2) is 47.6 Å². The number of hydrogen-bond acceptors (Lipinski definition) is 3. The topological polar surface area (TPSA) is 59.1 Å². The van der Waals surface area contributed by atoms with Crippen molar-refractivity contribution in [2.75, 3.05) is 0 Å². The van der Waals surface area contributed by atoms with Crippen molar-refractivity contribution in [3.63, 3.8) is 0 Å². The summed E-state index contributed by atoms with van der Waals surface area (Å²) < 4.78 is 27.0. The normalized spacial score (nSPS) is 15.1. The van der Waals surface area contributed by atoms with Gasteiger partial charge in [-0.1, -0.05) is 23.7 Å². The van der Waals surface area contributed by atoms with Gasteiger partial charge in [-0.3, -0.25) is 4.98 Å². The molecule has 1 aliphatic carbocycles. The van der Waals surface area contributed by atoms with E-state index in [0.717, 1.165) is 5.56 Å². The summed E-state index contributed by atoms with van der Waals surface area (Å²) in [6, 6.07) is 8.23.